The molecule has 1 aliphatic rings. The number of carbonyl (C=O) groups excluding carboxylic acids is 1. The van der Waals surface area contributed by atoms with Gasteiger partial charge in [-0.3, -0.25) is 9.78 Å². The summed E-state index contributed by atoms with van der Waals surface area (Å²) in [6.07, 6.45) is 7.45. The summed E-state index contributed by atoms with van der Waals surface area (Å²) in [6, 6.07) is 28.1. The highest BCUT2D eigenvalue weighted by atomic mass is 17.2. The molecule has 1 heterocycles. The Bertz CT molecular complexity index is 1280. The minimum atomic E-state index is -0.485. The molecular weight excluding hydrogens is 450 g/mol. The summed E-state index contributed by atoms with van der Waals surface area (Å²) in [7, 11) is 0. The summed E-state index contributed by atoms with van der Waals surface area (Å²) in [5.74, 6) is 1.75. The van der Waals surface area contributed by atoms with Gasteiger partial charge in [-0.15, -0.1) is 0 Å². The lowest BCUT2D eigenvalue weighted by Crippen LogP contribution is -2.08. The molecule has 5 nitrogen and oxygen atoms in total. The van der Waals surface area contributed by atoms with E-state index in [9.17, 15) is 4.79 Å². The maximum atomic E-state index is 11.1. The molecule has 0 bridgehead atoms. The van der Waals surface area contributed by atoms with Gasteiger partial charge in [0.15, 0.2) is 11.5 Å². The molecule has 0 fully saturated rings. The van der Waals surface area contributed by atoms with Crippen LogP contribution in [0.4, 0.5) is 0 Å². The summed E-state index contributed by atoms with van der Waals surface area (Å²) in [5, 5.41) is 0. The number of oxazole rings is 1. The minimum absolute atomic E-state index is 0.252. The van der Waals surface area contributed by atoms with Crippen LogP contribution in [-0.4, -0.2) is 11.0 Å². The molecule has 0 radical (unpaired) electrons. The maximum Gasteiger partial charge on any atom is 0.352 e. The van der Waals surface area contributed by atoms with Crippen LogP contribution in [0, 0.1) is 5.92 Å². The van der Waals surface area contributed by atoms with Crippen LogP contribution in [0.1, 0.15) is 44.1 Å². The van der Waals surface area contributed by atoms with Crippen molar-refractivity contribution in [2.75, 3.05) is 0 Å². The number of hydrogen-bond donors (Lipinski definition) is 0. The molecule has 0 saturated heterocycles. The molecule has 5 heteroatoms. The van der Waals surface area contributed by atoms with E-state index in [4.69, 9.17) is 19.2 Å². The van der Waals surface area contributed by atoms with E-state index >= 15 is 0 Å². The van der Waals surface area contributed by atoms with Crippen molar-refractivity contribution in [1.82, 2.24) is 4.98 Å². The molecule has 1 unspecified atom stereocenters. The first-order chi connectivity index (χ1) is 17.7. The summed E-state index contributed by atoms with van der Waals surface area (Å²) in [5.41, 5.74) is 5.16. The highest BCUT2D eigenvalue weighted by Crippen LogP contribution is 2.39. The van der Waals surface area contributed by atoms with Crippen LogP contribution < -0.4 is 4.89 Å². The third-order valence-electron chi connectivity index (χ3n) is 6.40. The Labute approximate surface area is 211 Å². The Morgan fingerprint density at radius 2 is 1.69 bits per heavy atom. The molecule has 4 aromatic rings. The van der Waals surface area contributed by atoms with Gasteiger partial charge in [-0.2, -0.15) is 0 Å². The SMILES string of the molecule is CC(=O)OOc1cccc(CC2CCCCC=C2c2nc(-c3ccccc3)c(-c3ccccc3)o2)c1. The minimum Gasteiger partial charge on any atom is -0.436 e. The number of nitrogens with zero attached hydrogens (tertiary/aromatic N) is 1. The van der Waals surface area contributed by atoms with E-state index in [2.05, 4.69) is 36.4 Å². The average Bonchev–Trinajstić information content (AvgIpc) is 3.23. The molecule has 0 amide bonds. The first kappa shape index (κ1) is 23.6. The molecule has 1 atom stereocenters. The van der Waals surface area contributed by atoms with Crippen LogP contribution in [0.15, 0.2) is 95.4 Å². The molecule has 0 saturated carbocycles. The topological polar surface area (TPSA) is 61.6 Å². The van der Waals surface area contributed by atoms with E-state index in [0.29, 0.717) is 11.6 Å². The number of benzene rings is 3. The largest absolute Gasteiger partial charge is 0.436 e. The van der Waals surface area contributed by atoms with Crippen LogP contribution in [0.2, 0.25) is 0 Å². The standard InChI is InChI=1S/C31H29NO4/c1-22(33)35-36-27-18-11-12-23(21-27)20-26-17-9-4-10-19-28(26)31-32-29(24-13-5-2-6-14-24)30(34-31)25-15-7-3-8-16-25/h2-3,5-8,11-16,18-19,21,26H,4,9-10,17,20H2,1H3. The van der Waals surface area contributed by atoms with Crippen molar-refractivity contribution in [3.05, 3.63) is 102 Å². The van der Waals surface area contributed by atoms with Gasteiger partial charge < -0.3 is 4.42 Å². The van der Waals surface area contributed by atoms with Gasteiger partial charge in [0.25, 0.3) is 0 Å². The molecular formula is C31H29NO4. The summed E-state index contributed by atoms with van der Waals surface area (Å²) < 4.78 is 6.55. The second-order valence-corrected chi connectivity index (χ2v) is 9.08. The van der Waals surface area contributed by atoms with Crippen molar-refractivity contribution >= 4 is 11.5 Å². The van der Waals surface area contributed by atoms with Crippen molar-refractivity contribution in [3.8, 4) is 28.3 Å². The first-order valence-electron chi connectivity index (χ1n) is 12.4. The Morgan fingerprint density at radius 1 is 0.944 bits per heavy atom. The zero-order chi connectivity index (χ0) is 24.7. The normalized spacial score (nSPS) is 15.6. The summed E-state index contributed by atoms with van der Waals surface area (Å²) in [6.45, 7) is 1.32. The Morgan fingerprint density at radius 3 is 2.44 bits per heavy atom. The molecule has 0 aliphatic heterocycles. The van der Waals surface area contributed by atoms with Gasteiger partial charge in [0, 0.05) is 23.6 Å². The van der Waals surface area contributed by atoms with Gasteiger partial charge in [-0.25, -0.2) is 9.78 Å². The third kappa shape index (κ3) is 5.57. The lowest BCUT2D eigenvalue weighted by Gasteiger charge is -2.17. The molecule has 0 spiro atoms. The lowest BCUT2D eigenvalue weighted by molar-refractivity contribution is -0.210. The van der Waals surface area contributed by atoms with Crippen LogP contribution in [0.3, 0.4) is 0 Å². The molecule has 5 rings (SSSR count). The molecule has 1 aromatic heterocycles. The average molecular weight is 480 g/mol. The van der Waals surface area contributed by atoms with Crippen molar-refractivity contribution < 1.29 is 19.0 Å². The van der Waals surface area contributed by atoms with Gasteiger partial charge in [-0.1, -0.05) is 85.3 Å². The van der Waals surface area contributed by atoms with E-state index in [1.807, 2.05) is 48.5 Å². The Hall–Kier alpha value is -4.12. The Balaban J connectivity index is 1.49. The van der Waals surface area contributed by atoms with Crippen LogP contribution in [-0.2, 0) is 16.1 Å². The summed E-state index contributed by atoms with van der Waals surface area (Å²) in [4.78, 5) is 26.0. The molecule has 1 aliphatic carbocycles. The second kappa shape index (κ2) is 11.1. The van der Waals surface area contributed by atoms with Crippen LogP contribution in [0.5, 0.6) is 5.75 Å². The highest BCUT2D eigenvalue weighted by molar-refractivity contribution is 5.79. The number of hydrogen-bond acceptors (Lipinski definition) is 5. The number of carbonyl (C=O) groups is 1. The highest BCUT2D eigenvalue weighted by Gasteiger charge is 2.25. The smallest absolute Gasteiger partial charge is 0.352 e. The van der Waals surface area contributed by atoms with Crippen LogP contribution in [0.25, 0.3) is 28.2 Å². The van der Waals surface area contributed by atoms with Gasteiger partial charge >= 0.3 is 5.97 Å². The second-order valence-electron chi connectivity index (χ2n) is 9.08. The predicted molar refractivity (Wildman–Crippen MR) is 140 cm³/mol. The first-order valence-corrected chi connectivity index (χ1v) is 12.4. The fraction of sp³-hybridized carbons (Fsp3) is 0.226. The Kier molecular flexibility index (Phi) is 7.27. The van der Waals surface area contributed by atoms with Crippen LogP contribution >= 0.6 is 0 Å². The van der Waals surface area contributed by atoms with Crippen molar-refractivity contribution in [2.45, 2.75) is 39.0 Å². The molecule has 182 valence electrons. The van der Waals surface area contributed by atoms with Gasteiger partial charge in [0.05, 0.1) is 0 Å². The lowest BCUT2D eigenvalue weighted by atomic mass is 9.88. The van der Waals surface area contributed by atoms with E-state index in [0.717, 1.165) is 65.8 Å². The predicted octanol–water partition coefficient (Wildman–Crippen LogP) is 7.68. The maximum absolute atomic E-state index is 11.1. The number of rotatable bonds is 7. The van der Waals surface area contributed by atoms with E-state index < -0.39 is 5.97 Å². The van der Waals surface area contributed by atoms with E-state index in [1.54, 1.807) is 6.07 Å². The van der Waals surface area contributed by atoms with Crippen molar-refractivity contribution in [2.24, 2.45) is 5.92 Å². The molecule has 0 N–H and O–H groups in total. The van der Waals surface area contributed by atoms with Gasteiger partial charge in [-0.05, 0) is 49.3 Å². The van der Waals surface area contributed by atoms with Gasteiger partial charge in [0.1, 0.15) is 5.69 Å². The fourth-order valence-electron chi connectivity index (χ4n) is 4.72. The number of allylic oxidation sites excluding steroid dienone is 2. The fourth-order valence-corrected chi connectivity index (χ4v) is 4.72. The zero-order valence-corrected chi connectivity index (χ0v) is 20.4. The van der Waals surface area contributed by atoms with Crippen molar-refractivity contribution in [1.29, 1.82) is 0 Å². The quantitative estimate of drug-likeness (QED) is 0.201. The van der Waals surface area contributed by atoms with E-state index in [-0.39, 0.29) is 5.92 Å². The van der Waals surface area contributed by atoms with Gasteiger partial charge in [0.2, 0.25) is 5.89 Å². The molecule has 3 aromatic carbocycles. The zero-order valence-electron chi connectivity index (χ0n) is 20.4. The van der Waals surface area contributed by atoms with Crippen molar-refractivity contribution in [3.63, 3.8) is 0 Å². The van der Waals surface area contributed by atoms with E-state index in [1.165, 1.54) is 6.92 Å². The summed E-state index contributed by atoms with van der Waals surface area (Å²) >= 11 is 0. The monoisotopic (exact) mass is 479 g/mol. The third-order valence-corrected chi connectivity index (χ3v) is 6.40. The number of aromatic nitrogens is 1. The molecule has 36 heavy (non-hydrogen) atoms.